The lowest BCUT2D eigenvalue weighted by Crippen LogP contribution is -2.44. The third kappa shape index (κ3) is 3.78. The van der Waals surface area contributed by atoms with Crippen molar-refractivity contribution < 1.29 is 19.1 Å². The van der Waals surface area contributed by atoms with E-state index in [0.29, 0.717) is 25.1 Å². The Labute approximate surface area is 144 Å². The summed E-state index contributed by atoms with van der Waals surface area (Å²) in [5, 5.41) is 15.8. The summed E-state index contributed by atoms with van der Waals surface area (Å²) in [5.41, 5.74) is 1.51. The van der Waals surface area contributed by atoms with Gasteiger partial charge < -0.3 is 15.3 Å². The Kier molecular flexibility index (Phi) is 4.69. The molecule has 1 fully saturated rings. The summed E-state index contributed by atoms with van der Waals surface area (Å²) in [6.07, 6.45) is 4.53. The number of benzene rings is 1. The van der Waals surface area contributed by atoms with Gasteiger partial charge in [-0.1, -0.05) is 0 Å². The van der Waals surface area contributed by atoms with Gasteiger partial charge in [-0.15, -0.1) is 0 Å². The third-order valence-electron chi connectivity index (χ3n) is 4.22. The van der Waals surface area contributed by atoms with Crippen LogP contribution >= 0.6 is 0 Å². The molecule has 2 amide bonds. The van der Waals surface area contributed by atoms with Crippen LogP contribution < -0.4 is 5.32 Å². The highest BCUT2D eigenvalue weighted by atomic mass is 19.1. The molecule has 0 spiro atoms. The number of rotatable bonds is 3. The second-order valence-corrected chi connectivity index (χ2v) is 6.18. The Morgan fingerprint density at radius 3 is 2.84 bits per heavy atom. The number of aryl methyl sites for hydroxylation is 1. The fourth-order valence-electron chi connectivity index (χ4n) is 2.88. The number of nitrogens with one attached hydrogen (secondary N) is 1. The summed E-state index contributed by atoms with van der Waals surface area (Å²) < 4.78 is 15.7. The average molecular weight is 346 g/mol. The highest BCUT2D eigenvalue weighted by Crippen LogP contribution is 2.21. The minimum absolute atomic E-state index is 0.161. The molecule has 3 rings (SSSR count). The maximum absolute atomic E-state index is 14.3. The van der Waals surface area contributed by atoms with E-state index in [9.17, 15) is 14.0 Å². The highest BCUT2D eigenvalue weighted by Gasteiger charge is 2.28. The molecule has 0 aliphatic carbocycles. The number of hydrogen-bond donors (Lipinski definition) is 2. The number of hydrogen-bond acceptors (Lipinski definition) is 3. The first-order valence-electron chi connectivity index (χ1n) is 8.04. The third-order valence-corrected chi connectivity index (χ3v) is 4.22. The smallest absolute Gasteiger partial charge is 0.321 e. The Hall–Kier alpha value is -2.90. The molecule has 132 valence electrons. The molecule has 0 saturated carbocycles. The van der Waals surface area contributed by atoms with E-state index in [1.807, 2.05) is 6.92 Å². The molecular formula is C17H19FN4O3. The number of carboxylic acid groups (broad SMARTS) is 1. The zero-order chi connectivity index (χ0) is 18.0. The molecule has 1 atom stereocenters. The Balaban J connectivity index is 1.69. The predicted molar refractivity (Wildman–Crippen MR) is 89.2 cm³/mol. The Morgan fingerprint density at radius 2 is 2.20 bits per heavy atom. The monoisotopic (exact) mass is 346 g/mol. The van der Waals surface area contributed by atoms with Gasteiger partial charge in [0.25, 0.3) is 0 Å². The van der Waals surface area contributed by atoms with Crippen LogP contribution in [0.1, 0.15) is 18.4 Å². The van der Waals surface area contributed by atoms with Crippen molar-refractivity contribution in [3.05, 3.63) is 42.0 Å². The van der Waals surface area contributed by atoms with Gasteiger partial charge in [0, 0.05) is 25.0 Å². The van der Waals surface area contributed by atoms with E-state index in [1.165, 1.54) is 21.7 Å². The molecule has 0 radical (unpaired) electrons. The van der Waals surface area contributed by atoms with E-state index in [2.05, 4.69) is 10.4 Å². The van der Waals surface area contributed by atoms with Crippen LogP contribution in [0, 0.1) is 18.7 Å². The van der Waals surface area contributed by atoms with Gasteiger partial charge in [0.05, 0.1) is 12.1 Å². The molecule has 1 aromatic heterocycles. The number of aromatic nitrogens is 2. The van der Waals surface area contributed by atoms with Crippen LogP contribution in [0.5, 0.6) is 0 Å². The number of piperidine rings is 1. The van der Waals surface area contributed by atoms with Gasteiger partial charge in [0.1, 0.15) is 5.69 Å². The number of halogens is 1. The number of amides is 2. The first kappa shape index (κ1) is 16.9. The van der Waals surface area contributed by atoms with Crippen molar-refractivity contribution in [2.24, 2.45) is 5.92 Å². The summed E-state index contributed by atoms with van der Waals surface area (Å²) in [7, 11) is 0. The molecule has 1 unspecified atom stereocenters. The maximum Gasteiger partial charge on any atom is 0.321 e. The molecule has 2 aromatic rings. The number of anilines is 1. The van der Waals surface area contributed by atoms with Crippen LogP contribution in [0.4, 0.5) is 14.9 Å². The summed E-state index contributed by atoms with van der Waals surface area (Å²) in [4.78, 5) is 24.8. The number of carbonyl (C=O) groups excluding carboxylic acids is 1. The van der Waals surface area contributed by atoms with Gasteiger partial charge in [-0.3, -0.25) is 4.79 Å². The second kappa shape index (κ2) is 6.92. The summed E-state index contributed by atoms with van der Waals surface area (Å²) in [5.74, 6) is -1.97. The number of likely N-dealkylation sites (tertiary alicyclic amines) is 1. The number of carboxylic acids is 1. The molecular weight excluding hydrogens is 327 g/mol. The number of nitrogens with zero attached hydrogens (tertiary/aromatic N) is 3. The highest BCUT2D eigenvalue weighted by molar-refractivity contribution is 5.90. The number of aliphatic carboxylic acids is 1. The molecule has 1 saturated heterocycles. The zero-order valence-electron chi connectivity index (χ0n) is 13.8. The molecule has 0 bridgehead atoms. The van der Waals surface area contributed by atoms with Crippen molar-refractivity contribution in [1.29, 1.82) is 0 Å². The quantitative estimate of drug-likeness (QED) is 0.894. The van der Waals surface area contributed by atoms with E-state index in [1.54, 1.807) is 18.5 Å². The lowest BCUT2D eigenvalue weighted by molar-refractivity contribution is -0.143. The van der Waals surface area contributed by atoms with E-state index in [4.69, 9.17) is 5.11 Å². The van der Waals surface area contributed by atoms with Gasteiger partial charge in [-0.25, -0.2) is 13.9 Å². The first-order chi connectivity index (χ1) is 11.9. The van der Waals surface area contributed by atoms with Crippen molar-refractivity contribution in [3.8, 4) is 5.69 Å². The summed E-state index contributed by atoms with van der Waals surface area (Å²) in [6.45, 7) is 2.51. The minimum atomic E-state index is -0.901. The second-order valence-electron chi connectivity index (χ2n) is 6.18. The van der Waals surface area contributed by atoms with Gasteiger partial charge >= 0.3 is 12.0 Å². The topological polar surface area (TPSA) is 87.5 Å². The minimum Gasteiger partial charge on any atom is -0.481 e. The van der Waals surface area contributed by atoms with Crippen molar-refractivity contribution in [3.63, 3.8) is 0 Å². The largest absolute Gasteiger partial charge is 0.481 e. The number of carbonyl (C=O) groups is 2. The molecule has 7 nitrogen and oxygen atoms in total. The average Bonchev–Trinajstić information content (AvgIpc) is 3.01. The Morgan fingerprint density at radius 1 is 1.40 bits per heavy atom. The summed E-state index contributed by atoms with van der Waals surface area (Å²) >= 11 is 0. The van der Waals surface area contributed by atoms with E-state index >= 15 is 0 Å². The van der Waals surface area contributed by atoms with Gasteiger partial charge in [0.15, 0.2) is 5.82 Å². The van der Waals surface area contributed by atoms with Crippen molar-refractivity contribution in [2.45, 2.75) is 19.8 Å². The fourth-order valence-corrected chi connectivity index (χ4v) is 2.88. The number of urea groups is 1. The van der Waals surface area contributed by atoms with Crippen molar-refractivity contribution >= 4 is 17.7 Å². The first-order valence-corrected chi connectivity index (χ1v) is 8.04. The predicted octanol–water partition coefficient (Wildman–Crippen LogP) is 2.65. The normalized spacial score (nSPS) is 17.4. The lowest BCUT2D eigenvalue weighted by atomic mass is 9.99. The molecule has 25 heavy (non-hydrogen) atoms. The molecule has 1 aromatic carbocycles. The Bertz CT molecular complexity index is 805. The van der Waals surface area contributed by atoms with Crippen molar-refractivity contribution in [2.75, 3.05) is 18.4 Å². The SMILES string of the molecule is Cc1cnn(-c2ccc(NC(=O)N3CCCC(C(=O)O)C3)cc2F)c1. The molecule has 2 N–H and O–H groups in total. The summed E-state index contributed by atoms with van der Waals surface area (Å²) in [6, 6.07) is 3.93. The molecule has 1 aliphatic rings. The lowest BCUT2D eigenvalue weighted by Gasteiger charge is -2.30. The molecule has 8 heteroatoms. The molecule has 2 heterocycles. The van der Waals surface area contributed by atoms with Crippen LogP contribution in [0.3, 0.4) is 0 Å². The van der Waals surface area contributed by atoms with Crippen LogP contribution in [0.2, 0.25) is 0 Å². The fraction of sp³-hybridized carbons (Fsp3) is 0.353. The van der Waals surface area contributed by atoms with E-state index in [0.717, 1.165) is 5.56 Å². The van der Waals surface area contributed by atoms with Crippen LogP contribution in [0.25, 0.3) is 5.69 Å². The van der Waals surface area contributed by atoms with Crippen molar-refractivity contribution in [1.82, 2.24) is 14.7 Å². The molecule has 1 aliphatic heterocycles. The van der Waals surface area contributed by atoms with Crippen LogP contribution in [-0.2, 0) is 4.79 Å². The van der Waals surface area contributed by atoms with Gasteiger partial charge in [-0.2, -0.15) is 5.10 Å². The maximum atomic E-state index is 14.3. The van der Waals surface area contributed by atoms with E-state index in [-0.39, 0.29) is 12.2 Å². The standard InChI is InChI=1S/C17H19FN4O3/c1-11-8-19-22(9-11)15-5-4-13(7-14(15)18)20-17(25)21-6-2-3-12(10-21)16(23)24/h4-5,7-9,12H,2-3,6,10H2,1H3,(H,20,25)(H,23,24). The van der Waals surface area contributed by atoms with Crippen LogP contribution in [0.15, 0.2) is 30.6 Å². The van der Waals surface area contributed by atoms with Crippen LogP contribution in [-0.4, -0.2) is 44.9 Å². The zero-order valence-corrected chi connectivity index (χ0v) is 13.8. The van der Waals surface area contributed by atoms with E-state index < -0.39 is 23.7 Å². The van der Waals surface area contributed by atoms with Gasteiger partial charge in [-0.05, 0) is 43.5 Å². The van der Waals surface area contributed by atoms with Gasteiger partial charge in [0.2, 0.25) is 0 Å².